The van der Waals surface area contributed by atoms with E-state index < -0.39 is 5.91 Å². The summed E-state index contributed by atoms with van der Waals surface area (Å²) in [5.74, 6) is -0.289. The van der Waals surface area contributed by atoms with Crippen molar-refractivity contribution >= 4 is 11.6 Å². The van der Waals surface area contributed by atoms with Crippen LogP contribution in [0.25, 0.3) is 11.4 Å². The first kappa shape index (κ1) is 17.5. The van der Waals surface area contributed by atoms with Crippen molar-refractivity contribution in [1.82, 2.24) is 35.0 Å². The summed E-state index contributed by atoms with van der Waals surface area (Å²) in [6.07, 6.45) is 1.46. The number of aryl methyl sites for hydroxylation is 2. The normalized spacial score (nSPS) is 10.8. The van der Waals surface area contributed by atoms with Crippen molar-refractivity contribution in [2.24, 2.45) is 0 Å². The minimum Gasteiger partial charge on any atom is -0.319 e. The van der Waals surface area contributed by atoms with Gasteiger partial charge < -0.3 is 5.32 Å². The van der Waals surface area contributed by atoms with E-state index in [2.05, 4.69) is 30.9 Å². The lowest BCUT2D eigenvalue weighted by Crippen LogP contribution is -2.15. The van der Waals surface area contributed by atoms with E-state index in [1.165, 1.54) is 27.8 Å². The highest BCUT2D eigenvalue weighted by Gasteiger charge is 2.17. The molecule has 4 rings (SSSR count). The van der Waals surface area contributed by atoms with Gasteiger partial charge in [-0.2, -0.15) is 0 Å². The van der Waals surface area contributed by atoms with Crippen LogP contribution in [0.4, 0.5) is 10.1 Å². The van der Waals surface area contributed by atoms with E-state index >= 15 is 0 Å². The molecule has 10 heteroatoms. The number of carbonyl (C=O) groups excluding carboxylic acids is 1. The Bertz CT molecular complexity index is 1140. The number of hydrogen-bond donors (Lipinski definition) is 1. The third kappa shape index (κ3) is 3.34. The molecule has 0 fully saturated rings. The van der Waals surface area contributed by atoms with Gasteiger partial charge in [0.2, 0.25) is 5.82 Å². The summed E-state index contributed by atoms with van der Waals surface area (Å²) in [6.45, 7) is 3.59. The maximum Gasteiger partial charge on any atom is 0.295 e. The Morgan fingerprint density at radius 3 is 2.54 bits per heavy atom. The molecule has 0 unspecified atom stereocenters. The van der Waals surface area contributed by atoms with Crippen molar-refractivity contribution in [1.29, 1.82) is 0 Å². The van der Waals surface area contributed by atoms with Crippen molar-refractivity contribution in [2.75, 3.05) is 5.32 Å². The lowest BCUT2D eigenvalue weighted by atomic mass is 10.2. The van der Waals surface area contributed by atoms with Gasteiger partial charge in [-0.25, -0.2) is 18.7 Å². The quantitative estimate of drug-likeness (QED) is 0.584. The zero-order valence-corrected chi connectivity index (χ0v) is 15.0. The van der Waals surface area contributed by atoms with Crippen molar-refractivity contribution in [3.63, 3.8) is 0 Å². The molecule has 0 aliphatic carbocycles. The van der Waals surface area contributed by atoms with Gasteiger partial charge in [0.1, 0.15) is 18.0 Å². The molecule has 2 aromatic heterocycles. The van der Waals surface area contributed by atoms with Crippen LogP contribution >= 0.6 is 0 Å². The average Bonchev–Trinajstić information content (AvgIpc) is 3.34. The molecule has 0 saturated carbocycles. The Balaban J connectivity index is 1.60. The van der Waals surface area contributed by atoms with Crippen molar-refractivity contribution in [2.45, 2.75) is 13.8 Å². The molecule has 2 heterocycles. The van der Waals surface area contributed by atoms with Crippen LogP contribution in [0.5, 0.6) is 0 Å². The monoisotopic (exact) mass is 378 g/mol. The standard InChI is InChI=1S/C18H15FN8O/c1-11-3-6-15(26-10-20-24-25-26)9-16(11)22-18(28)17-21-12(2)27(23-17)14-7-4-13(19)5-8-14/h3-10H,1-2H3,(H,22,28). The van der Waals surface area contributed by atoms with Gasteiger partial charge in [0, 0.05) is 5.69 Å². The molecule has 2 aromatic carbocycles. The molecule has 0 atom stereocenters. The fraction of sp³-hybridized carbons (Fsp3) is 0.111. The van der Waals surface area contributed by atoms with E-state index in [1.54, 1.807) is 25.1 Å². The molecule has 4 aromatic rings. The van der Waals surface area contributed by atoms with Crippen LogP contribution in [0.3, 0.4) is 0 Å². The summed E-state index contributed by atoms with van der Waals surface area (Å²) >= 11 is 0. The van der Waals surface area contributed by atoms with E-state index in [-0.39, 0.29) is 11.6 Å². The predicted molar refractivity (Wildman–Crippen MR) is 97.9 cm³/mol. The third-order valence-electron chi connectivity index (χ3n) is 4.13. The zero-order chi connectivity index (χ0) is 19.7. The van der Waals surface area contributed by atoms with Crippen LogP contribution in [-0.4, -0.2) is 40.9 Å². The summed E-state index contributed by atoms with van der Waals surface area (Å²) in [5.41, 5.74) is 2.77. The zero-order valence-electron chi connectivity index (χ0n) is 15.0. The number of nitrogens with zero attached hydrogens (tertiary/aromatic N) is 7. The number of aromatic nitrogens is 7. The van der Waals surface area contributed by atoms with Gasteiger partial charge in [0.05, 0.1) is 11.4 Å². The van der Waals surface area contributed by atoms with Crippen LogP contribution in [0.1, 0.15) is 22.0 Å². The topological polar surface area (TPSA) is 103 Å². The number of amides is 1. The van der Waals surface area contributed by atoms with Crippen molar-refractivity contribution in [3.8, 4) is 11.4 Å². The first-order chi connectivity index (χ1) is 13.5. The third-order valence-corrected chi connectivity index (χ3v) is 4.13. The van der Waals surface area contributed by atoms with E-state index in [1.807, 2.05) is 19.1 Å². The van der Waals surface area contributed by atoms with Gasteiger partial charge in [-0.05, 0) is 66.2 Å². The van der Waals surface area contributed by atoms with Crippen LogP contribution in [0.15, 0.2) is 48.8 Å². The molecule has 0 bridgehead atoms. The Morgan fingerprint density at radius 2 is 1.82 bits per heavy atom. The Labute approximate surface area is 158 Å². The molecule has 0 spiro atoms. The van der Waals surface area contributed by atoms with Gasteiger partial charge in [-0.15, -0.1) is 10.2 Å². The smallest absolute Gasteiger partial charge is 0.295 e. The fourth-order valence-electron chi connectivity index (χ4n) is 2.66. The molecule has 0 aliphatic rings. The number of benzene rings is 2. The summed E-state index contributed by atoms with van der Waals surface area (Å²) in [7, 11) is 0. The molecular weight excluding hydrogens is 363 g/mol. The van der Waals surface area contributed by atoms with Gasteiger partial charge in [0.25, 0.3) is 5.91 Å². The first-order valence-electron chi connectivity index (χ1n) is 8.36. The molecule has 140 valence electrons. The van der Waals surface area contributed by atoms with Crippen molar-refractivity contribution in [3.05, 3.63) is 71.8 Å². The van der Waals surface area contributed by atoms with Gasteiger partial charge in [-0.3, -0.25) is 4.79 Å². The van der Waals surface area contributed by atoms with Crippen LogP contribution < -0.4 is 5.32 Å². The lowest BCUT2D eigenvalue weighted by Gasteiger charge is -2.09. The second-order valence-electron chi connectivity index (χ2n) is 6.08. The molecule has 1 N–H and O–H groups in total. The number of anilines is 1. The molecule has 0 saturated heterocycles. The number of halogens is 1. The Kier molecular flexibility index (Phi) is 4.36. The molecule has 28 heavy (non-hydrogen) atoms. The van der Waals surface area contributed by atoms with E-state index in [0.29, 0.717) is 22.9 Å². The molecule has 0 aliphatic heterocycles. The highest BCUT2D eigenvalue weighted by Crippen LogP contribution is 2.20. The lowest BCUT2D eigenvalue weighted by molar-refractivity contribution is 0.101. The summed E-state index contributed by atoms with van der Waals surface area (Å²) in [5, 5.41) is 18.1. The second-order valence-corrected chi connectivity index (χ2v) is 6.08. The average molecular weight is 378 g/mol. The van der Waals surface area contributed by atoms with Gasteiger partial charge >= 0.3 is 0 Å². The number of carbonyl (C=O) groups is 1. The van der Waals surface area contributed by atoms with Gasteiger partial charge in [-0.1, -0.05) is 6.07 Å². The van der Waals surface area contributed by atoms with Crippen LogP contribution in [0.2, 0.25) is 0 Å². The number of tetrazole rings is 1. The highest BCUT2D eigenvalue weighted by atomic mass is 19.1. The maximum absolute atomic E-state index is 13.1. The summed E-state index contributed by atoms with van der Waals surface area (Å²) < 4.78 is 16.1. The first-order valence-corrected chi connectivity index (χ1v) is 8.36. The molecule has 1 amide bonds. The maximum atomic E-state index is 13.1. The Hall–Kier alpha value is -3.95. The highest BCUT2D eigenvalue weighted by molar-refractivity contribution is 6.02. The predicted octanol–water partition coefficient (Wildman–Crippen LogP) is 2.25. The largest absolute Gasteiger partial charge is 0.319 e. The molecule has 9 nitrogen and oxygen atoms in total. The minimum absolute atomic E-state index is 0.00838. The van der Waals surface area contributed by atoms with E-state index in [4.69, 9.17) is 0 Å². The molecular formula is C18H15FN8O. The summed E-state index contributed by atoms with van der Waals surface area (Å²) in [4.78, 5) is 16.9. The van der Waals surface area contributed by atoms with Crippen LogP contribution in [0, 0.1) is 19.7 Å². The molecule has 0 radical (unpaired) electrons. The number of rotatable bonds is 4. The SMILES string of the molecule is Cc1ccc(-n2cnnn2)cc1NC(=O)c1nc(C)n(-c2ccc(F)cc2)n1. The fourth-order valence-corrected chi connectivity index (χ4v) is 2.66. The number of nitrogens with one attached hydrogen (secondary N) is 1. The van der Waals surface area contributed by atoms with E-state index in [9.17, 15) is 9.18 Å². The van der Waals surface area contributed by atoms with E-state index in [0.717, 1.165) is 5.56 Å². The summed E-state index contributed by atoms with van der Waals surface area (Å²) in [6, 6.07) is 11.2. The Morgan fingerprint density at radius 1 is 1.07 bits per heavy atom. The minimum atomic E-state index is -0.457. The number of hydrogen-bond acceptors (Lipinski definition) is 6. The second kappa shape index (κ2) is 6.99. The van der Waals surface area contributed by atoms with Gasteiger partial charge in [0.15, 0.2) is 0 Å². The van der Waals surface area contributed by atoms with Crippen molar-refractivity contribution < 1.29 is 9.18 Å². The van der Waals surface area contributed by atoms with Crippen LogP contribution in [-0.2, 0) is 0 Å².